The molecule has 1 atom stereocenters. The third kappa shape index (κ3) is 5.79. The zero-order chi connectivity index (χ0) is 25.7. The van der Waals surface area contributed by atoms with Crippen molar-refractivity contribution in [2.45, 2.75) is 46.7 Å². The molecule has 1 unspecified atom stereocenters. The molecular formula is C29H33N5O2. The standard InChI is InChI=1S/C29H33N5O2/c1-20(2)14-15-30-29(36)28(23-10-6-5-7-11-23)34(24-17-21(3)16-22(4)18-24)27(35)19-33-26-13-9-8-12-25(26)31-32-33/h5-13,16-18,20,28H,14-15,19H2,1-4H3,(H,30,36). The van der Waals surface area contributed by atoms with E-state index in [1.165, 1.54) is 0 Å². The molecule has 1 N–H and O–H groups in total. The lowest BCUT2D eigenvalue weighted by Crippen LogP contribution is -2.45. The van der Waals surface area contributed by atoms with E-state index in [-0.39, 0.29) is 18.4 Å². The smallest absolute Gasteiger partial charge is 0.249 e. The van der Waals surface area contributed by atoms with Crippen LogP contribution in [0.3, 0.4) is 0 Å². The first-order valence-electron chi connectivity index (χ1n) is 12.3. The van der Waals surface area contributed by atoms with Gasteiger partial charge in [-0.15, -0.1) is 5.10 Å². The van der Waals surface area contributed by atoms with Gasteiger partial charge < -0.3 is 5.32 Å². The molecule has 7 nitrogen and oxygen atoms in total. The lowest BCUT2D eigenvalue weighted by molar-refractivity contribution is -0.127. The number of nitrogens with zero attached hydrogens (tertiary/aromatic N) is 4. The van der Waals surface area contributed by atoms with E-state index >= 15 is 0 Å². The molecule has 4 rings (SSSR count). The van der Waals surface area contributed by atoms with Crippen molar-refractivity contribution in [2.24, 2.45) is 5.92 Å². The van der Waals surface area contributed by atoms with Crippen molar-refractivity contribution in [1.29, 1.82) is 0 Å². The fourth-order valence-corrected chi connectivity index (χ4v) is 4.40. The summed E-state index contributed by atoms with van der Waals surface area (Å²) in [6, 6.07) is 22.1. The number of aryl methyl sites for hydroxylation is 2. The van der Waals surface area contributed by atoms with E-state index in [1.807, 2.05) is 80.6 Å². The van der Waals surface area contributed by atoms with Crippen LogP contribution in [0.5, 0.6) is 0 Å². The minimum atomic E-state index is -0.832. The summed E-state index contributed by atoms with van der Waals surface area (Å²) in [5.41, 5.74) is 4.94. The quantitative estimate of drug-likeness (QED) is 0.364. The van der Waals surface area contributed by atoms with E-state index in [0.717, 1.165) is 28.6 Å². The number of aromatic nitrogens is 3. The van der Waals surface area contributed by atoms with Crippen LogP contribution in [0.1, 0.15) is 43.0 Å². The van der Waals surface area contributed by atoms with Gasteiger partial charge in [-0.3, -0.25) is 14.5 Å². The van der Waals surface area contributed by atoms with Crippen LogP contribution >= 0.6 is 0 Å². The van der Waals surface area contributed by atoms with Gasteiger partial charge in [-0.1, -0.05) is 67.6 Å². The van der Waals surface area contributed by atoms with Gasteiger partial charge in [-0.05, 0) is 67.1 Å². The number of carbonyl (C=O) groups is 2. The first kappa shape index (κ1) is 25.1. The monoisotopic (exact) mass is 483 g/mol. The fraction of sp³-hybridized carbons (Fsp3) is 0.310. The lowest BCUT2D eigenvalue weighted by atomic mass is 10.0. The number of amides is 2. The summed E-state index contributed by atoms with van der Waals surface area (Å²) in [6.45, 7) is 8.72. The maximum Gasteiger partial charge on any atom is 0.249 e. The molecule has 7 heteroatoms. The molecule has 186 valence electrons. The van der Waals surface area contributed by atoms with Crippen molar-refractivity contribution in [1.82, 2.24) is 20.3 Å². The number of benzene rings is 3. The molecule has 0 saturated carbocycles. The first-order valence-corrected chi connectivity index (χ1v) is 12.3. The maximum atomic E-state index is 14.0. The zero-order valence-corrected chi connectivity index (χ0v) is 21.3. The fourth-order valence-electron chi connectivity index (χ4n) is 4.40. The van der Waals surface area contributed by atoms with Crippen LogP contribution in [0.15, 0.2) is 72.8 Å². The predicted molar refractivity (Wildman–Crippen MR) is 143 cm³/mol. The normalized spacial score (nSPS) is 12.0. The Hall–Kier alpha value is -4.00. The van der Waals surface area contributed by atoms with Gasteiger partial charge in [0.2, 0.25) is 11.8 Å². The SMILES string of the molecule is Cc1cc(C)cc(N(C(=O)Cn2nnc3ccccc32)C(C(=O)NCCC(C)C)c2ccccc2)c1. The highest BCUT2D eigenvalue weighted by Gasteiger charge is 2.33. The second kappa shape index (κ2) is 11.2. The molecular weight excluding hydrogens is 450 g/mol. The summed E-state index contributed by atoms with van der Waals surface area (Å²) in [4.78, 5) is 29.3. The van der Waals surface area contributed by atoms with Gasteiger partial charge in [-0.25, -0.2) is 4.68 Å². The van der Waals surface area contributed by atoms with Crippen molar-refractivity contribution in [3.63, 3.8) is 0 Å². The van der Waals surface area contributed by atoms with Crippen LogP contribution in [0, 0.1) is 19.8 Å². The topological polar surface area (TPSA) is 80.1 Å². The average molecular weight is 484 g/mol. The molecule has 0 spiro atoms. The maximum absolute atomic E-state index is 14.0. The van der Waals surface area contributed by atoms with Crippen molar-refractivity contribution in [3.8, 4) is 0 Å². The van der Waals surface area contributed by atoms with Gasteiger partial charge in [0.25, 0.3) is 0 Å². The molecule has 0 fully saturated rings. The third-order valence-corrected chi connectivity index (χ3v) is 6.10. The van der Waals surface area contributed by atoms with Crippen LogP contribution in [0.4, 0.5) is 5.69 Å². The second-order valence-corrected chi connectivity index (χ2v) is 9.63. The molecule has 2 amide bonds. The summed E-state index contributed by atoms with van der Waals surface area (Å²) in [5, 5.41) is 11.5. The molecule has 1 aromatic heterocycles. The highest BCUT2D eigenvalue weighted by molar-refractivity contribution is 6.01. The van der Waals surface area contributed by atoms with Crippen LogP contribution in [0.2, 0.25) is 0 Å². The minimum Gasteiger partial charge on any atom is -0.354 e. The number of hydrogen-bond donors (Lipinski definition) is 1. The molecule has 1 heterocycles. The van der Waals surface area contributed by atoms with E-state index < -0.39 is 6.04 Å². The van der Waals surface area contributed by atoms with Gasteiger partial charge in [-0.2, -0.15) is 0 Å². The number of para-hydroxylation sites is 1. The average Bonchev–Trinajstić information content (AvgIpc) is 3.24. The summed E-state index contributed by atoms with van der Waals surface area (Å²) in [6.07, 6.45) is 0.857. The van der Waals surface area contributed by atoms with E-state index in [0.29, 0.717) is 23.7 Å². The molecule has 0 aliphatic rings. The number of hydrogen-bond acceptors (Lipinski definition) is 4. The van der Waals surface area contributed by atoms with Crippen molar-refractivity contribution >= 4 is 28.5 Å². The van der Waals surface area contributed by atoms with Crippen LogP contribution < -0.4 is 10.2 Å². The van der Waals surface area contributed by atoms with Crippen molar-refractivity contribution < 1.29 is 9.59 Å². The Bertz CT molecular complexity index is 1330. The zero-order valence-electron chi connectivity index (χ0n) is 21.3. The Morgan fingerprint density at radius 1 is 0.944 bits per heavy atom. The molecule has 3 aromatic carbocycles. The number of carbonyl (C=O) groups excluding carboxylic acids is 2. The summed E-state index contributed by atoms with van der Waals surface area (Å²) >= 11 is 0. The Kier molecular flexibility index (Phi) is 7.78. The molecule has 0 aliphatic heterocycles. The van der Waals surface area contributed by atoms with E-state index in [1.54, 1.807) is 9.58 Å². The van der Waals surface area contributed by atoms with Crippen molar-refractivity contribution in [3.05, 3.63) is 89.5 Å². The first-order chi connectivity index (χ1) is 17.3. The minimum absolute atomic E-state index is 0.0455. The number of rotatable bonds is 9. The Morgan fingerprint density at radius 3 is 2.31 bits per heavy atom. The highest BCUT2D eigenvalue weighted by Crippen LogP contribution is 2.30. The largest absolute Gasteiger partial charge is 0.354 e. The van der Waals surface area contributed by atoms with Gasteiger partial charge in [0.15, 0.2) is 0 Å². The molecule has 4 aromatic rings. The molecule has 36 heavy (non-hydrogen) atoms. The van der Waals surface area contributed by atoms with Gasteiger partial charge in [0.1, 0.15) is 18.1 Å². The number of anilines is 1. The molecule has 0 bridgehead atoms. The number of nitrogens with one attached hydrogen (secondary N) is 1. The Morgan fingerprint density at radius 2 is 1.61 bits per heavy atom. The van der Waals surface area contributed by atoms with Crippen LogP contribution in [-0.2, 0) is 16.1 Å². The Balaban J connectivity index is 1.77. The van der Waals surface area contributed by atoms with Crippen molar-refractivity contribution in [2.75, 3.05) is 11.4 Å². The van der Waals surface area contributed by atoms with Gasteiger partial charge >= 0.3 is 0 Å². The van der Waals surface area contributed by atoms with Gasteiger partial charge in [0.05, 0.1) is 5.52 Å². The van der Waals surface area contributed by atoms with E-state index in [4.69, 9.17) is 0 Å². The third-order valence-electron chi connectivity index (χ3n) is 6.10. The Labute approximate surface area is 212 Å². The van der Waals surface area contributed by atoms with E-state index in [2.05, 4.69) is 35.5 Å². The summed E-state index contributed by atoms with van der Waals surface area (Å²) in [5.74, 6) is -0.000414. The summed E-state index contributed by atoms with van der Waals surface area (Å²) in [7, 11) is 0. The molecule has 0 aliphatic carbocycles. The number of fused-ring (bicyclic) bond motifs is 1. The second-order valence-electron chi connectivity index (χ2n) is 9.63. The van der Waals surface area contributed by atoms with Gasteiger partial charge in [0, 0.05) is 12.2 Å². The van der Waals surface area contributed by atoms with Crippen LogP contribution in [-0.4, -0.2) is 33.4 Å². The predicted octanol–water partition coefficient (Wildman–Crippen LogP) is 4.98. The highest BCUT2D eigenvalue weighted by atomic mass is 16.2. The molecule has 0 saturated heterocycles. The van der Waals surface area contributed by atoms with Crippen LogP contribution in [0.25, 0.3) is 11.0 Å². The lowest BCUT2D eigenvalue weighted by Gasteiger charge is -2.32. The summed E-state index contributed by atoms with van der Waals surface area (Å²) < 4.78 is 1.59. The van der Waals surface area contributed by atoms with E-state index in [9.17, 15) is 9.59 Å². The molecule has 0 radical (unpaired) electrons.